The Balaban J connectivity index is 1.24. The van der Waals surface area contributed by atoms with E-state index >= 15 is 0 Å². The molecule has 2 fully saturated rings. The molecular weight excluding hydrogens is 480 g/mol. The number of carbonyl (C=O) groups is 1. The number of benzene rings is 2. The Hall–Kier alpha value is -3.62. The van der Waals surface area contributed by atoms with Crippen LogP contribution < -0.4 is 15.6 Å². The van der Waals surface area contributed by atoms with Gasteiger partial charge in [0.1, 0.15) is 5.75 Å². The van der Waals surface area contributed by atoms with E-state index in [0.717, 1.165) is 56.1 Å². The highest BCUT2D eigenvalue weighted by atomic mass is 16.5. The van der Waals surface area contributed by atoms with Crippen molar-refractivity contribution >= 4 is 11.7 Å². The van der Waals surface area contributed by atoms with Gasteiger partial charge in [-0.3, -0.25) is 9.69 Å². The lowest BCUT2D eigenvalue weighted by molar-refractivity contribution is 0.0342. The highest BCUT2D eigenvalue weighted by molar-refractivity contribution is 5.91. The zero-order chi connectivity index (χ0) is 26.1. The van der Waals surface area contributed by atoms with Crippen LogP contribution in [0.3, 0.4) is 0 Å². The molecule has 198 valence electrons. The second kappa shape index (κ2) is 10.6. The minimum atomic E-state index is -0.131. The monoisotopic (exact) mass is 514 g/mol. The molecule has 1 N–H and O–H groups in total. The number of para-hydroxylation sites is 2. The van der Waals surface area contributed by atoms with E-state index in [4.69, 9.17) is 9.47 Å². The van der Waals surface area contributed by atoms with Crippen LogP contribution in [0.25, 0.3) is 11.1 Å². The minimum absolute atomic E-state index is 0.0681. The number of anilines is 1. The van der Waals surface area contributed by atoms with Crippen molar-refractivity contribution in [2.45, 2.75) is 25.4 Å². The van der Waals surface area contributed by atoms with Gasteiger partial charge in [-0.1, -0.05) is 36.4 Å². The maximum atomic E-state index is 13.8. The van der Waals surface area contributed by atoms with Crippen LogP contribution in [0.1, 0.15) is 23.6 Å². The number of urea groups is 1. The molecule has 2 saturated heterocycles. The highest BCUT2D eigenvalue weighted by Crippen LogP contribution is 2.36. The predicted octanol–water partition coefficient (Wildman–Crippen LogP) is 4.01. The van der Waals surface area contributed by atoms with Crippen LogP contribution in [0.5, 0.6) is 5.75 Å². The van der Waals surface area contributed by atoms with Gasteiger partial charge in [-0.15, -0.1) is 0 Å². The van der Waals surface area contributed by atoms with Crippen molar-refractivity contribution < 1.29 is 14.3 Å². The quantitative estimate of drug-likeness (QED) is 0.557. The van der Waals surface area contributed by atoms with Gasteiger partial charge in [0.15, 0.2) is 0 Å². The number of ether oxygens (including phenoxy) is 2. The molecule has 8 heteroatoms. The Morgan fingerprint density at radius 1 is 0.974 bits per heavy atom. The third-order valence-electron chi connectivity index (χ3n) is 8.05. The van der Waals surface area contributed by atoms with Crippen molar-refractivity contribution in [2.24, 2.45) is 5.92 Å². The number of piperidine rings is 1. The lowest BCUT2D eigenvalue weighted by atomic mass is 9.83. The molecule has 3 aromatic rings. The van der Waals surface area contributed by atoms with Gasteiger partial charge in [-0.2, -0.15) is 0 Å². The zero-order valence-electron chi connectivity index (χ0n) is 21.8. The number of hydrogen-bond acceptors (Lipinski definition) is 5. The number of likely N-dealkylation sites (tertiary alicyclic amines) is 1. The predicted molar refractivity (Wildman–Crippen MR) is 147 cm³/mol. The van der Waals surface area contributed by atoms with Crippen LogP contribution in [-0.4, -0.2) is 66.9 Å². The van der Waals surface area contributed by atoms with E-state index in [1.165, 1.54) is 5.56 Å². The third-order valence-corrected chi connectivity index (χ3v) is 8.05. The smallest absolute Gasteiger partial charge is 0.321 e. The van der Waals surface area contributed by atoms with Gasteiger partial charge < -0.3 is 24.3 Å². The second-order valence-electron chi connectivity index (χ2n) is 10.5. The number of methoxy groups -OCH3 is 1. The first kappa shape index (κ1) is 24.7. The largest absolute Gasteiger partial charge is 0.495 e. The Morgan fingerprint density at radius 3 is 2.61 bits per heavy atom. The number of hydrogen-bond donors (Lipinski definition) is 1. The lowest BCUT2D eigenvalue weighted by Crippen LogP contribution is -2.50. The second-order valence-corrected chi connectivity index (χ2v) is 10.5. The fraction of sp³-hybridized carbons (Fsp3) is 0.400. The summed E-state index contributed by atoms with van der Waals surface area (Å²) in [5.74, 6) is 1.01. The molecule has 2 amide bonds. The summed E-state index contributed by atoms with van der Waals surface area (Å²) in [5.41, 5.74) is 4.68. The number of morpholine rings is 1. The molecule has 4 heterocycles. The van der Waals surface area contributed by atoms with E-state index in [1.54, 1.807) is 7.11 Å². The molecule has 0 radical (unpaired) electrons. The number of amides is 2. The van der Waals surface area contributed by atoms with E-state index in [2.05, 4.69) is 28.4 Å². The number of aromatic nitrogens is 1. The minimum Gasteiger partial charge on any atom is -0.495 e. The Morgan fingerprint density at radius 2 is 1.76 bits per heavy atom. The van der Waals surface area contributed by atoms with Crippen LogP contribution in [0.2, 0.25) is 0 Å². The van der Waals surface area contributed by atoms with Crippen LogP contribution >= 0.6 is 0 Å². The number of nitrogens with one attached hydrogen (secondary N) is 1. The summed E-state index contributed by atoms with van der Waals surface area (Å²) >= 11 is 0. The van der Waals surface area contributed by atoms with Crippen LogP contribution in [0.15, 0.2) is 65.5 Å². The zero-order valence-corrected chi connectivity index (χ0v) is 21.8. The normalized spacial score (nSPS) is 21.0. The van der Waals surface area contributed by atoms with E-state index in [-0.39, 0.29) is 23.4 Å². The standard InChI is InChI=1S/C30H34N4O4/c1-37-28-9-5-4-8-26(28)31-30(36)33-17-21-16-23(20-33)27-11-10-25(29(35)34(27)18-21)24-7-3-2-6-22(24)19-32-12-14-38-15-13-32/h2-11,21,23H,12-20H2,1H3,(H,31,36)/t21-,23+/m0/s1. The molecule has 1 aromatic heterocycles. The van der Waals surface area contributed by atoms with Gasteiger partial charge in [-0.05, 0) is 47.7 Å². The molecule has 38 heavy (non-hydrogen) atoms. The highest BCUT2D eigenvalue weighted by Gasteiger charge is 2.37. The van der Waals surface area contributed by atoms with Crippen LogP contribution in [0, 0.1) is 5.92 Å². The van der Waals surface area contributed by atoms with Gasteiger partial charge in [0.25, 0.3) is 5.56 Å². The van der Waals surface area contributed by atoms with Crippen molar-refractivity contribution in [3.63, 3.8) is 0 Å². The summed E-state index contributed by atoms with van der Waals surface area (Å²) < 4.78 is 12.9. The van der Waals surface area contributed by atoms with Gasteiger partial charge in [-0.25, -0.2) is 4.79 Å². The van der Waals surface area contributed by atoms with Crippen molar-refractivity contribution in [1.29, 1.82) is 0 Å². The van der Waals surface area contributed by atoms with Gasteiger partial charge in [0.05, 0.1) is 26.0 Å². The molecule has 0 spiro atoms. The van der Waals surface area contributed by atoms with Crippen LogP contribution in [0.4, 0.5) is 10.5 Å². The Bertz CT molecular complexity index is 1380. The maximum absolute atomic E-state index is 13.8. The van der Waals surface area contributed by atoms with Gasteiger partial charge in [0.2, 0.25) is 0 Å². The summed E-state index contributed by atoms with van der Waals surface area (Å²) in [7, 11) is 1.60. The Labute approximate surface area is 222 Å². The topological polar surface area (TPSA) is 76.0 Å². The molecule has 3 aliphatic rings. The molecule has 0 aliphatic carbocycles. The molecular formula is C30H34N4O4. The molecule has 3 aliphatic heterocycles. The molecule has 6 rings (SSSR count). The van der Waals surface area contributed by atoms with E-state index in [9.17, 15) is 9.59 Å². The van der Waals surface area contributed by atoms with E-state index in [0.29, 0.717) is 31.1 Å². The van der Waals surface area contributed by atoms with Crippen molar-refractivity contribution in [3.05, 3.63) is 82.3 Å². The van der Waals surface area contributed by atoms with E-state index < -0.39 is 0 Å². The van der Waals surface area contributed by atoms with Gasteiger partial charge in [0, 0.05) is 56.4 Å². The number of fused-ring (bicyclic) bond motifs is 4. The lowest BCUT2D eigenvalue weighted by Gasteiger charge is -2.42. The van der Waals surface area contributed by atoms with Crippen molar-refractivity contribution in [1.82, 2.24) is 14.4 Å². The Kier molecular flexibility index (Phi) is 6.91. The summed E-state index contributed by atoms with van der Waals surface area (Å²) in [5, 5.41) is 3.01. The third kappa shape index (κ3) is 4.81. The molecule has 0 unspecified atom stereocenters. The number of rotatable bonds is 5. The first-order valence-corrected chi connectivity index (χ1v) is 13.4. The van der Waals surface area contributed by atoms with E-state index in [1.807, 2.05) is 51.9 Å². The average Bonchev–Trinajstić information content (AvgIpc) is 2.95. The molecule has 2 bridgehead atoms. The fourth-order valence-electron chi connectivity index (χ4n) is 6.18. The van der Waals surface area contributed by atoms with Gasteiger partial charge >= 0.3 is 6.03 Å². The molecule has 8 nitrogen and oxygen atoms in total. The summed E-state index contributed by atoms with van der Waals surface area (Å²) in [6, 6.07) is 19.6. The first-order valence-electron chi connectivity index (χ1n) is 13.4. The number of pyridine rings is 1. The molecule has 2 aromatic carbocycles. The number of carbonyl (C=O) groups excluding carboxylic acids is 1. The van der Waals surface area contributed by atoms with Crippen molar-refractivity contribution in [3.8, 4) is 16.9 Å². The first-order chi connectivity index (χ1) is 18.6. The SMILES string of the molecule is COc1ccccc1NC(=O)N1C[C@@H]2C[C@H](C1)c1ccc(-c3ccccc3CN3CCOCC3)c(=O)n1C2. The summed E-state index contributed by atoms with van der Waals surface area (Å²) in [4.78, 5) is 31.3. The molecule has 2 atom stereocenters. The number of nitrogens with zero attached hydrogens (tertiary/aromatic N) is 3. The fourth-order valence-corrected chi connectivity index (χ4v) is 6.18. The average molecular weight is 515 g/mol. The summed E-state index contributed by atoms with van der Waals surface area (Å²) in [6.45, 7) is 5.96. The van der Waals surface area contributed by atoms with Crippen molar-refractivity contribution in [2.75, 3.05) is 51.8 Å². The maximum Gasteiger partial charge on any atom is 0.321 e. The molecule has 0 saturated carbocycles. The summed E-state index contributed by atoms with van der Waals surface area (Å²) in [6.07, 6.45) is 0.991. The van der Waals surface area contributed by atoms with Crippen LogP contribution in [-0.2, 0) is 17.8 Å².